The average Bonchev–Trinajstić information content (AvgIpc) is 3.65. The average molecular weight is 715 g/mol. The molecule has 16 nitrogen and oxygen atoms in total. The number of amides is 5. The number of aryl methyl sites for hydroxylation is 3. The second-order valence-electron chi connectivity index (χ2n) is 13.5. The van der Waals surface area contributed by atoms with E-state index in [2.05, 4.69) is 41.5 Å². The van der Waals surface area contributed by atoms with Crippen molar-refractivity contribution < 1.29 is 28.5 Å². The van der Waals surface area contributed by atoms with E-state index in [0.29, 0.717) is 34.0 Å². The minimum atomic E-state index is -0.987. The third kappa shape index (κ3) is 9.16. The summed E-state index contributed by atoms with van der Waals surface area (Å²) in [6.07, 6.45) is 0.482. The van der Waals surface area contributed by atoms with Crippen molar-refractivity contribution in [2.75, 3.05) is 19.6 Å². The Bertz CT molecular complexity index is 1940. The fourth-order valence-electron chi connectivity index (χ4n) is 6.16. The van der Waals surface area contributed by atoms with E-state index in [1.165, 1.54) is 4.68 Å². The molecule has 0 unspecified atom stereocenters. The Hall–Kier alpha value is -5.67. The maximum atomic E-state index is 14.0. The highest BCUT2D eigenvalue weighted by Gasteiger charge is 2.31. The van der Waals surface area contributed by atoms with E-state index in [9.17, 15) is 24.0 Å². The molecule has 4 heterocycles. The summed E-state index contributed by atoms with van der Waals surface area (Å²) in [5, 5.41) is 20.4. The molecule has 0 saturated carbocycles. The minimum Gasteiger partial charge on any atom is -0.353 e. The highest BCUT2D eigenvalue weighted by molar-refractivity contribution is 6.06. The van der Waals surface area contributed by atoms with E-state index in [1.807, 2.05) is 44.2 Å². The molecule has 0 aliphatic carbocycles. The second-order valence-corrected chi connectivity index (χ2v) is 13.5. The van der Waals surface area contributed by atoms with Crippen LogP contribution in [0.25, 0.3) is 11.1 Å². The number of fused-ring (bicyclic) bond motifs is 2. The number of nitrogens with one attached hydrogen (secondary N) is 4. The summed E-state index contributed by atoms with van der Waals surface area (Å²) >= 11 is 0. The summed E-state index contributed by atoms with van der Waals surface area (Å²) in [5.41, 5.74) is 2.51. The zero-order valence-electron chi connectivity index (χ0n) is 30.4. The van der Waals surface area contributed by atoms with Crippen molar-refractivity contribution in [2.24, 2.45) is 5.92 Å². The van der Waals surface area contributed by atoms with Crippen molar-refractivity contribution in [2.45, 2.75) is 85.5 Å². The number of rotatable bonds is 4. The van der Waals surface area contributed by atoms with Gasteiger partial charge in [-0.25, -0.2) is 14.6 Å². The number of aromatic nitrogens is 5. The van der Waals surface area contributed by atoms with Crippen LogP contribution in [0.15, 0.2) is 40.9 Å². The van der Waals surface area contributed by atoms with Gasteiger partial charge in [0.25, 0.3) is 11.6 Å². The molecule has 0 fully saturated rings. The smallest absolute Gasteiger partial charge is 0.258 e. The van der Waals surface area contributed by atoms with Crippen LogP contribution in [0.2, 0.25) is 0 Å². The number of pyridine rings is 1. The van der Waals surface area contributed by atoms with Crippen LogP contribution in [0.1, 0.15) is 78.6 Å². The predicted octanol–water partition coefficient (Wildman–Crippen LogP) is 1.84. The molecule has 0 saturated heterocycles. The van der Waals surface area contributed by atoms with Gasteiger partial charge in [0.2, 0.25) is 23.6 Å². The molecule has 5 amide bonds. The maximum absolute atomic E-state index is 14.0. The zero-order valence-corrected chi connectivity index (χ0v) is 30.4. The lowest BCUT2D eigenvalue weighted by molar-refractivity contribution is -0.132. The summed E-state index contributed by atoms with van der Waals surface area (Å²) < 4.78 is 6.80. The van der Waals surface area contributed by atoms with Gasteiger partial charge in [0.15, 0.2) is 5.82 Å². The molecule has 1 aliphatic heterocycles. The molecule has 16 heteroatoms. The summed E-state index contributed by atoms with van der Waals surface area (Å²) in [6.45, 7) is 10.8. The molecule has 0 spiro atoms. The first-order valence-corrected chi connectivity index (χ1v) is 17.5. The standard InChI is InChI=1S/C36H46N10O6/c1-20(2)31-32-40-24(6)43-46(32)19-29(48)37-14-16-45(36(51)26-17-21(3)38-35-30(26)22(4)44-52-35)15-10-13-28(47)39-23(5)33(49)41-27(34(50)42-31)18-25-11-8-7-9-12-25/h7-9,11-12,17,20,23,27,31H,10,13-16,18-19H2,1-6H3,(H,37,48)(H,39,47)(H,41,49)(H,42,50)/t23-,27+,31-/m0/s1. The summed E-state index contributed by atoms with van der Waals surface area (Å²) in [4.78, 5) is 78.2. The van der Waals surface area contributed by atoms with Crippen LogP contribution in [-0.4, -0.2) is 91.1 Å². The van der Waals surface area contributed by atoms with E-state index < -0.39 is 35.8 Å². The monoisotopic (exact) mass is 714 g/mol. The van der Waals surface area contributed by atoms with Gasteiger partial charge in [-0.3, -0.25) is 24.0 Å². The Kier molecular flexibility index (Phi) is 12.0. The lowest BCUT2D eigenvalue weighted by atomic mass is 10.0. The Morgan fingerprint density at radius 2 is 1.71 bits per heavy atom. The van der Waals surface area contributed by atoms with Gasteiger partial charge in [0.1, 0.15) is 24.5 Å². The van der Waals surface area contributed by atoms with Crippen LogP contribution in [-0.2, 0) is 32.1 Å². The van der Waals surface area contributed by atoms with Gasteiger partial charge >= 0.3 is 0 Å². The molecule has 1 aromatic carbocycles. The summed E-state index contributed by atoms with van der Waals surface area (Å²) in [5.74, 6) is -1.46. The fraction of sp³-hybridized carbons (Fsp3) is 0.472. The van der Waals surface area contributed by atoms with E-state index in [1.54, 1.807) is 38.7 Å². The van der Waals surface area contributed by atoms with E-state index in [-0.39, 0.29) is 68.9 Å². The van der Waals surface area contributed by atoms with Crippen molar-refractivity contribution in [3.05, 3.63) is 70.6 Å². The molecule has 52 heavy (non-hydrogen) atoms. The van der Waals surface area contributed by atoms with Gasteiger partial charge in [-0.15, -0.1) is 0 Å². The van der Waals surface area contributed by atoms with Gasteiger partial charge in [0.05, 0.1) is 22.7 Å². The Labute approximate surface area is 301 Å². The van der Waals surface area contributed by atoms with Crippen molar-refractivity contribution in [1.29, 1.82) is 0 Å². The molecule has 1 aliphatic rings. The Morgan fingerprint density at radius 1 is 0.962 bits per heavy atom. The molecule has 0 bridgehead atoms. The Balaban J connectivity index is 1.44. The SMILES string of the molecule is Cc1cc(C(=O)N2CCCC(=O)N[C@@H](C)C(=O)N[C@H](Cc3ccccc3)C(=O)N[C@@H](C(C)C)c3nc(C)nn3CC(=O)NCC2)c2c(C)noc2n1. The van der Waals surface area contributed by atoms with Crippen LogP contribution in [0, 0.1) is 26.7 Å². The summed E-state index contributed by atoms with van der Waals surface area (Å²) in [7, 11) is 0. The fourth-order valence-corrected chi connectivity index (χ4v) is 6.16. The molecule has 4 N–H and O–H groups in total. The molecule has 276 valence electrons. The van der Waals surface area contributed by atoms with Gasteiger partial charge in [-0.2, -0.15) is 5.10 Å². The number of nitrogens with zero attached hydrogens (tertiary/aromatic N) is 6. The van der Waals surface area contributed by atoms with Crippen LogP contribution in [0.4, 0.5) is 0 Å². The van der Waals surface area contributed by atoms with Crippen LogP contribution in [0.5, 0.6) is 0 Å². The van der Waals surface area contributed by atoms with Crippen LogP contribution >= 0.6 is 0 Å². The van der Waals surface area contributed by atoms with Gasteiger partial charge in [-0.1, -0.05) is 49.3 Å². The van der Waals surface area contributed by atoms with Gasteiger partial charge in [-0.05, 0) is 51.7 Å². The molecule has 5 rings (SSSR count). The predicted molar refractivity (Wildman–Crippen MR) is 190 cm³/mol. The number of hydrogen-bond donors (Lipinski definition) is 4. The minimum absolute atomic E-state index is 0.0171. The van der Waals surface area contributed by atoms with Gasteiger partial charge in [0, 0.05) is 38.2 Å². The second kappa shape index (κ2) is 16.6. The molecule has 3 atom stereocenters. The van der Waals surface area contributed by atoms with Gasteiger partial charge < -0.3 is 30.7 Å². The number of hydrogen-bond acceptors (Lipinski definition) is 10. The quantitative estimate of drug-likeness (QED) is 0.241. The molecule has 3 aromatic heterocycles. The molecule has 4 aromatic rings. The molecular weight excluding hydrogens is 668 g/mol. The third-order valence-electron chi connectivity index (χ3n) is 8.83. The zero-order chi connectivity index (χ0) is 37.5. The lowest BCUT2D eigenvalue weighted by Crippen LogP contribution is -2.54. The van der Waals surface area contributed by atoms with Crippen LogP contribution in [0.3, 0.4) is 0 Å². The summed E-state index contributed by atoms with van der Waals surface area (Å²) in [6, 6.07) is 8.35. The Morgan fingerprint density at radius 3 is 2.44 bits per heavy atom. The largest absolute Gasteiger partial charge is 0.353 e. The molecule has 0 radical (unpaired) electrons. The van der Waals surface area contributed by atoms with E-state index in [0.717, 1.165) is 5.56 Å². The van der Waals surface area contributed by atoms with Crippen molar-refractivity contribution in [1.82, 2.24) is 51.1 Å². The first-order chi connectivity index (χ1) is 24.8. The van der Waals surface area contributed by atoms with Crippen molar-refractivity contribution in [3.8, 4) is 0 Å². The highest BCUT2D eigenvalue weighted by atomic mass is 16.5. The van der Waals surface area contributed by atoms with E-state index in [4.69, 9.17) is 4.52 Å². The van der Waals surface area contributed by atoms with Crippen molar-refractivity contribution >= 4 is 40.6 Å². The lowest BCUT2D eigenvalue weighted by Gasteiger charge is -2.27. The maximum Gasteiger partial charge on any atom is 0.258 e. The number of carbonyl (C=O) groups is 5. The normalized spacial score (nSPS) is 20.1. The first-order valence-electron chi connectivity index (χ1n) is 17.5. The highest BCUT2D eigenvalue weighted by Crippen LogP contribution is 2.24. The first kappa shape index (κ1) is 37.6. The third-order valence-corrected chi connectivity index (χ3v) is 8.83. The van der Waals surface area contributed by atoms with Crippen LogP contribution < -0.4 is 21.3 Å². The topological polar surface area (TPSA) is 206 Å². The van der Waals surface area contributed by atoms with E-state index >= 15 is 0 Å². The molecular formula is C36H46N10O6. The number of benzene rings is 1. The van der Waals surface area contributed by atoms with Crippen molar-refractivity contribution in [3.63, 3.8) is 0 Å². The number of carbonyl (C=O) groups excluding carboxylic acids is 5.